The fourth-order valence-corrected chi connectivity index (χ4v) is 4.54. The Morgan fingerprint density at radius 1 is 0.964 bits per heavy atom. The molecule has 1 heterocycles. The topological polar surface area (TPSA) is 66.5 Å². The molecule has 1 aliphatic carbocycles. The van der Waals surface area contributed by atoms with Crippen molar-refractivity contribution in [2.45, 2.75) is 12.8 Å². The summed E-state index contributed by atoms with van der Waals surface area (Å²) in [6, 6.07) is 11.6. The molecule has 28 heavy (non-hydrogen) atoms. The van der Waals surface area contributed by atoms with E-state index in [4.69, 9.17) is 12.2 Å². The minimum absolute atomic E-state index is 0.172. The van der Waals surface area contributed by atoms with Gasteiger partial charge in [0.05, 0.1) is 5.75 Å². The first kappa shape index (κ1) is 18.8. The summed E-state index contributed by atoms with van der Waals surface area (Å²) in [4.78, 5) is 39.8. The maximum atomic E-state index is 12.8. The second-order valence-electron chi connectivity index (χ2n) is 6.76. The molecule has 0 aromatic heterocycles. The predicted molar refractivity (Wildman–Crippen MR) is 114 cm³/mol. The highest BCUT2D eigenvalue weighted by molar-refractivity contribution is 8.23. The standard InChI is InChI=1S/C21H18N2O3S2/c24-18(12-28-21(27)23-9-3-4-10-23)22-13-7-8-16-17(11-13)20(26)15-6-2-1-5-14(15)19(16)25/h1-2,5-8,11H,3-4,9-10,12H2,(H,22,24). The molecule has 1 amide bonds. The highest BCUT2D eigenvalue weighted by atomic mass is 32.2. The van der Waals surface area contributed by atoms with E-state index in [-0.39, 0.29) is 23.2 Å². The quantitative estimate of drug-likeness (QED) is 0.667. The second kappa shape index (κ2) is 7.85. The number of rotatable bonds is 3. The molecule has 7 heteroatoms. The molecular weight excluding hydrogens is 392 g/mol. The van der Waals surface area contributed by atoms with Crippen LogP contribution in [0.3, 0.4) is 0 Å². The van der Waals surface area contributed by atoms with E-state index in [1.807, 2.05) is 0 Å². The number of thioether (sulfide) groups is 1. The minimum Gasteiger partial charge on any atom is -0.358 e. The number of benzene rings is 2. The summed E-state index contributed by atoms with van der Waals surface area (Å²) in [7, 11) is 0. The van der Waals surface area contributed by atoms with Crippen LogP contribution in [0.1, 0.15) is 44.7 Å². The highest BCUT2D eigenvalue weighted by Gasteiger charge is 2.29. The lowest BCUT2D eigenvalue weighted by Crippen LogP contribution is -2.25. The number of thiocarbonyl (C=S) groups is 1. The van der Waals surface area contributed by atoms with E-state index < -0.39 is 0 Å². The van der Waals surface area contributed by atoms with Crippen LogP contribution in [0.4, 0.5) is 5.69 Å². The third-order valence-electron chi connectivity index (χ3n) is 4.90. The first-order valence-corrected chi connectivity index (χ1v) is 10.5. The summed E-state index contributed by atoms with van der Waals surface area (Å²) in [6.07, 6.45) is 2.27. The number of carbonyl (C=O) groups is 3. The number of likely N-dealkylation sites (tertiary alicyclic amines) is 1. The number of hydrogen-bond acceptors (Lipinski definition) is 5. The minimum atomic E-state index is -0.203. The van der Waals surface area contributed by atoms with Crippen LogP contribution in [-0.4, -0.2) is 45.5 Å². The van der Waals surface area contributed by atoms with E-state index in [0.717, 1.165) is 30.3 Å². The molecule has 0 bridgehead atoms. The van der Waals surface area contributed by atoms with Crippen LogP contribution in [0.25, 0.3) is 0 Å². The molecule has 142 valence electrons. The molecule has 1 saturated heterocycles. The van der Waals surface area contributed by atoms with Crippen molar-refractivity contribution >= 4 is 51.5 Å². The van der Waals surface area contributed by atoms with Gasteiger partial charge in [-0.2, -0.15) is 0 Å². The van der Waals surface area contributed by atoms with Crippen LogP contribution in [-0.2, 0) is 4.79 Å². The number of anilines is 1. The van der Waals surface area contributed by atoms with Crippen molar-refractivity contribution in [1.29, 1.82) is 0 Å². The lowest BCUT2D eigenvalue weighted by molar-refractivity contribution is -0.113. The van der Waals surface area contributed by atoms with E-state index in [0.29, 0.717) is 27.9 Å². The van der Waals surface area contributed by atoms with Gasteiger partial charge in [-0.05, 0) is 31.0 Å². The van der Waals surface area contributed by atoms with Crippen LogP contribution in [0.2, 0.25) is 0 Å². The summed E-state index contributed by atoms with van der Waals surface area (Å²) in [5.41, 5.74) is 2.00. The fourth-order valence-electron chi connectivity index (χ4n) is 3.49. The Labute approximate surface area is 172 Å². The number of fused-ring (bicyclic) bond motifs is 2. The fraction of sp³-hybridized carbons (Fsp3) is 0.238. The summed E-state index contributed by atoms with van der Waals surface area (Å²) in [5, 5.41) is 2.80. The number of nitrogens with one attached hydrogen (secondary N) is 1. The lowest BCUT2D eigenvalue weighted by Gasteiger charge is -2.19. The average Bonchev–Trinajstić information content (AvgIpc) is 3.25. The van der Waals surface area contributed by atoms with Gasteiger partial charge in [-0.3, -0.25) is 14.4 Å². The van der Waals surface area contributed by atoms with Gasteiger partial charge in [0, 0.05) is 41.0 Å². The van der Waals surface area contributed by atoms with Crippen molar-refractivity contribution in [1.82, 2.24) is 4.90 Å². The van der Waals surface area contributed by atoms with Crippen LogP contribution in [0.15, 0.2) is 42.5 Å². The molecule has 4 rings (SSSR count). The van der Waals surface area contributed by atoms with Crippen LogP contribution < -0.4 is 5.32 Å². The molecule has 1 N–H and O–H groups in total. The monoisotopic (exact) mass is 410 g/mol. The van der Waals surface area contributed by atoms with Crippen LogP contribution in [0.5, 0.6) is 0 Å². The van der Waals surface area contributed by atoms with Crippen LogP contribution in [0, 0.1) is 0 Å². The molecule has 0 unspecified atom stereocenters. The third kappa shape index (κ3) is 3.59. The SMILES string of the molecule is O=C(CSC(=S)N1CCCC1)Nc1ccc2c(c1)C(=O)c1ccccc1C2=O. The number of ketones is 2. The smallest absolute Gasteiger partial charge is 0.234 e. The number of carbonyl (C=O) groups excluding carboxylic acids is 3. The molecule has 0 saturated carbocycles. The molecule has 1 aliphatic heterocycles. The molecule has 0 spiro atoms. The Bertz CT molecular complexity index is 997. The number of amides is 1. The predicted octanol–water partition coefficient (Wildman–Crippen LogP) is 3.51. The summed E-state index contributed by atoms with van der Waals surface area (Å²) >= 11 is 6.71. The molecule has 2 aliphatic rings. The summed E-state index contributed by atoms with van der Waals surface area (Å²) in [5.74, 6) is -0.357. The van der Waals surface area contributed by atoms with Gasteiger partial charge < -0.3 is 10.2 Å². The zero-order valence-corrected chi connectivity index (χ0v) is 16.7. The highest BCUT2D eigenvalue weighted by Crippen LogP contribution is 2.29. The first-order chi connectivity index (χ1) is 13.5. The van der Waals surface area contributed by atoms with Gasteiger partial charge >= 0.3 is 0 Å². The Morgan fingerprint density at radius 3 is 2.25 bits per heavy atom. The summed E-state index contributed by atoms with van der Waals surface area (Å²) in [6.45, 7) is 1.91. The molecule has 2 aromatic carbocycles. The van der Waals surface area contributed by atoms with E-state index >= 15 is 0 Å². The third-order valence-corrected chi connectivity index (χ3v) is 6.42. The largest absolute Gasteiger partial charge is 0.358 e. The maximum Gasteiger partial charge on any atom is 0.234 e. The van der Waals surface area contributed by atoms with E-state index in [9.17, 15) is 14.4 Å². The van der Waals surface area contributed by atoms with E-state index in [1.54, 1.807) is 42.5 Å². The second-order valence-corrected chi connectivity index (χ2v) is 8.37. The molecule has 5 nitrogen and oxygen atoms in total. The number of nitrogens with zero attached hydrogens (tertiary/aromatic N) is 1. The maximum absolute atomic E-state index is 12.8. The molecule has 2 aromatic rings. The Morgan fingerprint density at radius 2 is 1.57 bits per heavy atom. The Balaban J connectivity index is 1.45. The van der Waals surface area contributed by atoms with Gasteiger partial charge in [0.1, 0.15) is 4.32 Å². The summed E-state index contributed by atoms with van der Waals surface area (Å²) < 4.78 is 0.746. The molecular formula is C21H18N2O3S2. The normalized spacial score (nSPS) is 15.2. The van der Waals surface area contributed by atoms with E-state index in [2.05, 4.69) is 10.2 Å². The van der Waals surface area contributed by atoms with Crippen molar-refractivity contribution in [3.8, 4) is 0 Å². The van der Waals surface area contributed by atoms with Gasteiger partial charge in [-0.1, -0.05) is 48.2 Å². The zero-order valence-electron chi connectivity index (χ0n) is 15.1. The van der Waals surface area contributed by atoms with Gasteiger partial charge in [0.25, 0.3) is 0 Å². The van der Waals surface area contributed by atoms with Crippen molar-refractivity contribution < 1.29 is 14.4 Å². The Hall–Kier alpha value is -2.51. The van der Waals surface area contributed by atoms with Gasteiger partial charge in [-0.25, -0.2) is 0 Å². The van der Waals surface area contributed by atoms with Gasteiger partial charge in [-0.15, -0.1) is 0 Å². The lowest BCUT2D eigenvalue weighted by atomic mass is 9.84. The van der Waals surface area contributed by atoms with Crippen molar-refractivity contribution in [3.63, 3.8) is 0 Å². The van der Waals surface area contributed by atoms with Crippen LogP contribution >= 0.6 is 24.0 Å². The van der Waals surface area contributed by atoms with Gasteiger partial charge in [0.15, 0.2) is 11.6 Å². The number of hydrogen-bond donors (Lipinski definition) is 1. The van der Waals surface area contributed by atoms with Crippen molar-refractivity contribution in [2.24, 2.45) is 0 Å². The first-order valence-electron chi connectivity index (χ1n) is 9.08. The average molecular weight is 411 g/mol. The molecule has 0 radical (unpaired) electrons. The van der Waals surface area contributed by atoms with Crippen molar-refractivity contribution in [3.05, 3.63) is 64.7 Å². The molecule has 0 atom stereocenters. The van der Waals surface area contributed by atoms with E-state index in [1.165, 1.54) is 11.8 Å². The van der Waals surface area contributed by atoms with Gasteiger partial charge in [0.2, 0.25) is 5.91 Å². The zero-order chi connectivity index (χ0) is 19.7. The van der Waals surface area contributed by atoms with Crippen molar-refractivity contribution in [2.75, 3.05) is 24.2 Å². The molecule has 1 fully saturated rings. The Kier molecular flexibility index (Phi) is 5.28.